The first-order chi connectivity index (χ1) is 9.56. The van der Waals surface area contributed by atoms with Crippen LogP contribution in [0.2, 0.25) is 0 Å². The van der Waals surface area contributed by atoms with Crippen molar-refractivity contribution < 1.29 is 4.74 Å². The summed E-state index contributed by atoms with van der Waals surface area (Å²) >= 11 is 0. The Labute approximate surface area is 121 Å². The van der Waals surface area contributed by atoms with E-state index in [1.165, 1.54) is 0 Å². The van der Waals surface area contributed by atoms with Crippen molar-refractivity contribution in [3.63, 3.8) is 0 Å². The molecule has 1 aromatic rings. The second-order valence-corrected chi connectivity index (χ2v) is 4.85. The largest absolute Gasteiger partial charge is 0.497 e. The third-order valence-corrected chi connectivity index (χ3v) is 3.15. The number of methoxy groups -OCH3 is 1. The maximum atomic E-state index is 5.88. The molecule has 0 radical (unpaired) electrons. The summed E-state index contributed by atoms with van der Waals surface area (Å²) in [6.45, 7) is 9.15. The Bertz CT molecular complexity index is 432. The average Bonchev–Trinajstić information content (AvgIpc) is 2.43. The number of guanidine groups is 1. The Morgan fingerprint density at radius 3 is 2.80 bits per heavy atom. The molecule has 5 heteroatoms. The molecule has 0 bridgehead atoms. The van der Waals surface area contributed by atoms with Crippen molar-refractivity contribution in [1.29, 1.82) is 0 Å². The molecule has 0 fully saturated rings. The van der Waals surface area contributed by atoms with E-state index in [9.17, 15) is 0 Å². The number of anilines is 1. The second kappa shape index (κ2) is 8.43. The van der Waals surface area contributed by atoms with Crippen molar-refractivity contribution in [2.75, 3.05) is 32.1 Å². The lowest BCUT2D eigenvalue weighted by Crippen LogP contribution is -2.33. The third-order valence-electron chi connectivity index (χ3n) is 3.15. The van der Waals surface area contributed by atoms with Gasteiger partial charge in [-0.3, -0.25) is 9.89 Å². The summed E-state index contributed by atoms with van der Waals surface area (Å²) in [4.78, 5) is 6.70. The Hall–Kier alpha value is -1.75. The van der Waals surface area contributed by atoms with Crippen LogP contribution in [0, 0.1) is 0 Å². The highest BCUT2D eigenvalue weighted by molar-refractivity contribution is 5.92. The summed E-state index contributed by atoms with van der Waals surface area (Å²) < 4.78 is 5.16. The molecular formula is C15H26N4O. The Balaban J connectivity index is 2.48. The highest BCUT2D eigenvalue weighted by Gasteiger charge is 2.05. The first-order valence-corrected chi connectivity index (χ1v) is 7.01. The van der Waals surface area contributed by atoms with Gasteiger partial charge in [0.2, 0.25) is 0 Å². The van der Waals surface area contributed by atoms with Crippen molar-refractivity contribution in [1.82, 2.24) is 4.90 Å². The quantitative estimate of drug-likeness (QED) is 0.592. The van der Waals surface area contributed by atoms with Crippen molar-refractivity contribution in [3.05, 3.63) is 24.3 Å². The number of ether oxygens (including phenoxy) is 1. The smallest absolute Gasteiger partial charge is 0.193 e. The van der Waals surface area contributed by atoms with Crippen LogP contribution in [-0.4, -0.2) is 43.6 Å². The third kappa shape index (κ3) is 5.48. The number of likely N-dealkylation sites (N-methyl/N-ethyl adjacent to an activating group) is 1. The zero-order valence-corrected chi connectivity index (χ0v) is 12.9. The van der Waals surface area contributed by atoms with Crippen molar-refractivity contribution in [3.8, 4) is 5.75 Å². The van der Waals surface area contributed by atoms with Gasteiger partial charge in [-0.15, -0.1) is 0 Å². The molecule has 0 aliphatic carbocycles. The number of benzene rings is 1. The van der Waals surface area contributed by atoms with Crippen molar-refractivity contribution in [2.45, 2.75) is 26.8 Å². The molecule has 0 aliphatic rings. The Kier molecular flexibility index (Phi) is 6.87. The minimum atomic E-state index is 0.429. The van der Waals surface area contributed by atoms with Gasteiger partial charge in [-0.2, -0.15) is 0 Å². The standard InChI is InChI=1S/C15H26N4O/c1-5-19(12(2)3)10-9-17-15(16)18-13-7-6-8-14(11-13)20-4/h6-8,11-12H,5,9-10H2,1-4H3,(H3,16,17,18). The SMILES string of the molecule is CCN(CCN=C(N)Nc1cccc(OC)c1)C(C)C. The number of hydrogen-bond acceptors (Lipinski definition) is 3. The fourth-order valence-corrected chi connectivity index (χ4v) is 1.97. The summed E-state index contributed by atoms with van der Waals surface area (Å²) in [5, 5.41) is 3.07. The highest BCUT2D eigenvalue weighted by Crippen LogP contribution is 2.16. The van der Waals surface area contributed by atoms with Crippen LogP contribution in [0.5, 0.6) is 5.75 Å². The van der Waals surface area contributed by atoms with Gasteiger partial charge >= 0.3 is 0 Å². The first-order valence-electron chi connectivity index (χ1n) is 7.01. The van der Waals surface area contributed by atoms with Gasteiger partial charge in [-0.05, 0) is 32.5 Å². The van der Waals surface area contributed by atoms with Crippen molar-refractivity contribution in [2.24, 2.45) is 10.7 Å². The lowest BCUT2D eigenvalue weighted by molar-refractivity contribution is 0.241. The fourth-order valence-electron chi connectivity index (χ4n) is 1.97. The van der Waals surface area contributed by atoms with E-state index in [0.717, 1.165) is 24.5 Å². The van der Waals surface area contributed by atoms with E-state index in [-0.39, 0.29) is 0 Å². The Morgan fingerprint density at radius 2 is 2.20 bits per heavy atom. The molecule has 0 heterocycles. The first kappa shape index (κ1) is 16.3. The number of rotatable bonds is 7. The molecule has 3 N–H and O–H groups in total. The van der Waals surface area contributed by atoms with Gasteiger partial charge in [0.1, 0.15) is 5.75 Å². The van der Waals surface area contributed by atoms with Crippen LogP contribution >= 0.6 is 0 Å². The van der Waals surface area contributed by atoms with E-state index in [1.54, 1.807) is 7.11 Å². The summed E-state index contributed by atoms with van der Waals surface area (Å²) in [5.41, 5.74) is 6.76. The molecule has 1 rings (SSSR count). The number of hydrogen-bond donors (Lipinski definition) is 2. The minimum absolute atomic E-state index is 0.429. The van der Waals surface area contributed by atoms with Gasteiger partial charge in [0.15, 0.2) is 5.96 Å². The monoisotopic (exact) mass is 278 g/mol. The average molecular weight is 278 g/mol. The normalized spacial score (nSPS) is 12.0. The van der Waals surface area contributed by atoms with Crippen LogP contribution < -0.4 is 15.8 Å². The summed E-state index contributed by atoms with van der Waals surface area (Å²) in [7, 11) is 1.64. The number of aliphatic imine (C=N–C) groups is 1. The molecule has 5 nitrogen and oxygen atoms in total. The van der Waals surface area contributed by atoms with Crippen LogP contribution in [0.25, 0.3) is 0 Å². The van der Waals surface area contributed by atoms with Crippen molar-refractivity contribution >= 4 is 11.6 Å². The predicted octanol–water partition coefficient (Wildman–Crippen LogP) is 2.15. The zero-order chi connectivity index (χ0) is 15.0. The lowest BCUT2D eigenvalue weighted by atomic mass is 10.3. The van der Waals surface area contributed by atoms with Crippen LogP contribution in [0.15, 0.2) is 29.3 Å². The number of nitrogens with zero attached hydrogens (tertiary/aromatic N) is 2. The van der Waals surface area contributed by atoms with Gasteiger partial charge in [-0.1, -0.05) is 13.0 Å². The molecule has 0 amide bonds. The molecule has 0 aromatic heterocycles. The molecule has 0 aliphatic heterocycles. The summed E-state index contributed by atoms with van der Waals surface area (Å²) in [6.07, 6.45) is 0. The maximum absolute atomic E-state index is 5.88. The van der Waals surface area contributed by atoms with E-state index in [1.807, 2.05) is 24.3 Å². The highest BCUT2D eigenvalue weighted by atomic mass is 16.5. The number of nitrogens with two attached hydrogens (primary N) is 1. The van der Waals surface area contributed by atoms with Gasteiger partial charge in [-0.25, -0.2) is 0 Å². The Morgan fingerprint density at radius 1 is 1.45 bits per heavy atom. The molecule has 0 spiro atoms. The van der Waals surface area contributed by atoms with E-state index in [0.29, 0.717) is 18.5 Å². The van der Waals surface area contributed by atoms with Gasteiger partial charge in [0.05, 0.1) is 13.7 Å². The molecule has 20 heavy (non-hydrogen) atoms. The van der Waals surface area contributed by atoms with Crippen LogP contribution in [-0.2, 0) is 0 Å². The van der Waals surface area contributed by atoms with E-state index < -0.39 is 0 Å². The number of nitrogens with one attached hydrogen (secondary N) is 1. The molecule has 0 unspecified atom stereocenters. The van der Waals surface area contributed by atoms with Gasteiger partial charge < -0.3 is 15.8 Å². The maximum Gasteiger partial charge on any atom is 0.193 e. The second-order valence-electron chi connectivity index (χ2n) is 4.85. The molecule has 0 saturated carbocycles. The topological polar surface area (TPSA) is 62.9 Å². The van der Waals surface area contributed by atoms with Gasteiger partial charge in [0, 0.05) is 24.3 Å². The molecule has 1 aromatic carbocycles. The fraction of sp³-hybridized carbons (Fsp3) is 0.533. The molecule has 0 atom stereocenters. The van der Waals surface area contributed by atoms with Crippen LogP contribution in [0.3, 0.4) is 0 Å². The predicted molar refractivity (Wildman–Crippen MR) is 85.5 cm³/mol. The molecule has 0 saturated heterocycles. The van der Waals surface area contributed by atoms with E-state index in [2.05, 4.69) is 36.0 Å². The zero-order valence-electron chi connectivity index (χ0n) is 12.9. The lowest BCUT2D eigenvalue weighted by Gasteiger charge is -2.23. The van der Waals surface area contributed by atoms with Gasteiger partial charge in [0.25, 0.3) is 0 Å². The molecular weight excluding hydrogens is 252 g/mol. The van der Waals surface area contributed by atoms with E-state index >= 15 is 0 Å². The van der Waals surface area contributed by atoms with E-state index in [4.69, 9.17) is 10.5 Å². The summed E-state index contributed by atoms with van der Waals surface area (Å²) in [5.74, 6) is 1.22. The summed E-state index contributed by atoms with van der Waals surface area (Å²) in [6, 6.07) is 8.14. The van der Waals surface area contributed by atoms with Crippen LogP contribution in [0.4, 0.5) is 5.69 Å². The molecule has 112 valence electrons. The minimum Gasteiger partial charge on any atom is -0.497 e. The van der Waals surface area contributed by atoms with Crippen LogP contribution in [0.1, 0.15) is 20.8 Å².